The van der Waals surface area contributed by atoms with Gasteiger partial charge in [0.1, 0.15) is 0 Å². The van der Waals surface area contributed by atoms with Crippen LogP contribution in [0, 0.1) is 0 Å². The van der Waals surface area contributed by atoms with Crippen LogP contribution in [-0.2, 0) is 4.57 Å². The molecule has 0 amide bonds. The molecule has 2 atom stereocenters. The molecule has 2 aliphatic carbocycles. The van der Waals surface area contributed by atoms with Crippen molar-refractivity contribution in [2.75, 3.05) is 0 Å². The fourth-order valence-corrected chi connectivity index (χ4v) is 5.05. The molecule has 0 spiro atoms. The molecule has 4 heteroatoms. The van der Waals surface area contributed by atoms with E-state index in [0.717, 1.165) is 37.4 Å². The molecule has 0 aromatic rings. The molecule has 0 aromatic heterocycles. The molecule has 0 heterocycles. The molecule has 0 aromatic carbocycles. The van der Waals surface area contributed by atoms with Gasteiger partial charge in [-0.05, 0) is 25.7 Å². The first-order valence-corrected chi connectivity index (χ1v) is 7.61. The van der Waals surface area contributed by atoms with E-state index in [9.17, 15) is 9.46 Å². The maximum atomic E-state index is 12.3. The fraction of sp³-hybridized carbons (Fsp3) is 0.818. The lowest BCUT2D eigenvalue weighted by Gasteiger charge is -2.27. The molecule has 0 saturated heterocycles. The highest BCUT2D eigenvalue weighted by atomic mass is 31.2. The van der Waals surface area contributed by atoms with Crippen molar-refractivity contribution in [1.82, 2.24) is 0 Å². The highest BCUT2D eigenvalue weighted by Gasteiger charge is 2.37. The summed E-state index contributed by atoms with van der Waals surface area (Å²) in [5, 5.41) is 0.752. The second kappa shape index (κ2) is 4.40. The van der Waals surface area contributed by atoms with Gasteiger partial charge in [-0.1, -0.05) is 25.3 Å². The van der Waals surface area contributed by atoms with Crippen LogP contribution in [-0.4, -0.2) is 16.6 Å². The third-order valence-electron chi connectivity index (χ3n) is 3.61. The van der Waals surface area contributed by atoms with Gasteiger partial charge < -0.3 is 10.6 Å². The summed E-state index contributed by atoms with van der Waals surface area (Å²) in [6.45, 7) is 0. The molecule has 0 bridgehead atoms. The lowest BCUT2D eigenvalue weighted by molar-refractivity contribution is 0.426. The first-order chi connectivity index (χ1) is 7.10. The topological polar surface area (TPSA) is 63.3 Å². The zero-order chi connectivity index (χ0) is 10.9. The van der Waals surface area contributed by atoms with Crippen molar-refractivity contribution in [2.45, 2.75) is 56.6 Å². The van der Waals surface area contributed by atoms with E-state index in [1.807, 2.05) is 6.08 Å². The Morgan fingerprint density at radius 3 is 2.53 bits per heavy atom. The van der Waals surface area contributed by atoms with Crippen LogP contribution in [0.3, 0.4) is 0 Å². The zero-order valence-electron chi connectivity index (χ0n) is 9.06. The van der Waals surface area contributed by atoms with Crippen molar-refractivity contribution in [3.8, 4) is 0 Å². The second-order valence-electron chi connectivity index (χ2n) is 4.81. The third kappa shape index (κ3) is 2.35. The first kappa shape index (κ1) is 11.4. The molecule has 0 radical (unpaired) electrons. The van der Waals surface area contributed by atoms with Crippen molar-refractivity contribution in [3.63, 3.8) is 0 Å². The Morgan fingerprint density at radius 2 is 2.00 bits per heavy atom. The molecule has 0 aliphatic heterocycles. The molecule has 1 saturated carbocycles. The predicted molar refractivity (Wildman–Crippen MR) is 62.0 cm³/mol. The van der Waals surface area contributed by atoms with Gasteiger partial charge in [0.25, 0.3) is 0 Å². The summed E-state index contributed by atoms with van der Waals surface area (Å²) in [6.07, 6.45) is 8.57. The lowest BCUT2D eigenvalue weighted by atomic mass is 10.0. The second-order valence-corrected chi connectivity index (χ2v) is 7.36. The van der Waals surface area contributed by atoms with Gasteiger partial charge in [0.2, 0.25) is 7.37 Å². The largest absolute Gasteiger partial charge is 0.341 e. The van der Waals surface area contributed by atoms with Crippen LogP contribution in [0.1, 0.15) is 44.9 Å². The van der Waals surface area contributed by atoms with E-state index < -0.39 is 7.37 Å². The fourth-order valence-electron chi connectivity index (χ4n) is 2.65. The Kier molecular flexibility index (Phi) is 3.34. The standard InChI is InChI=1S/C11H20NO2P/c12-9-6-7-11(8-9)15(13,14)10-4-2-1-3-5-10/h7,9-10H,1-6,8,12H2,(H,13,14). The SMILES string of the molecule is NC1CC=C(P(=O)(O)C2CCCCC2)C1. The summed E-state index contributed by atoms with van der Waals surface area (Å²) < 4.78 is 12.3. The van der Waals surface area contributed by atoms with Crippen LogP contribution >= 0.6 is 7.37 Å². The van der Waals surface area contributed by atoms with Crippen LogP contribution in [0.5, 0.6) is 0 Å². The molecule has 2 aliphatic rings. The van der Waals surface area contributed by atoms with Crippen LogP contribution in [0.2, 0.25) is 0 Å². The van der Waals surface area contributed by atoms with Gasteiger partial charge in [-0.25, -0.2) is 0 Å². The van der Waals surface area contributed by atoms with Crippen molar-refractivity contribution in [3.05, 3.63) is 11.4 Å². The highest BCUT2D eigenvalue weighted by Crippen LogP contribution is 2.60. The van der Waals surface area contributed by atoms with E-state index in [1.165, 1.54) is 6.42 Å². The first-order valence-electron chi connectivity index (χ1n) is 5.88. The Hall–Kier alpha value is -0.110. The van der Waals surface area contributed by atoms with Gasteiger partial charge in [-0.2, -0.15) is 0 Å². The Morgan fingerprint density at radius 1 is 1.33 bits per heavy atom. The Balaban J connectivity index is 2.08. The van der Waals surface area contributed by atoms with Gasteiger partial charge in [-0.3, -0.25) is 4.57 Å². The molecule has 2 unspecified atom stereocenters. The molecular weight excluding hydrogens is 209 g/mol. The Bertz CT molecular complexity index is 308. The third-order valence-corrected chi connectivity index (χ3v) is 6.30. The van der Waals surface area contributed by atoms with E-state index in [2.05, 4.69) is 0 Å². The monoisotopic (exact) mass is 229 g/mol. The van der Waals surface area contributed by atoms with Crippen molar-refractivity contribution < 1.29 is 9.46 Å². The summed E-state index contributed by atoms with van der Waals surface area (Å²) in [7, 11) is -3.07. The van der Waals surface area contributed by atoms with Crippen molar-refractivity contribution in [2.24, 2.45) is 5.73 Å². The van der Waals surface area contributed by atoms with E-state index in [4.69, 9.17) is 5.73 Å². The number of hydrogen-bond donors (Lipinski definition) is 2. The van der Waals surface area contributed by atoms with E-state index in [0.29, 0.717) is 6.42 Å². The number of nitrogens with two attached hydrogens (primary N) is 1. The highest BCUT2D eigenvalue weighted by molar-refractivity contribution is 7.63. The molecule has 1 fully saturated rings. The zero-order valence-corrected chi connectivity index (χ0v) is 9.96. The average molecular weight is 229 g/mol. The minimum Gasteiger partial charge on any atom is -0.341 e. The maximum Gasteiger partial charge on any atom is 0.228 e. The van der Waals surface area contributed by atoms with Gasteiger partial charge >= 0.3 is 0 Å². The van der Waals surface area contributed by atoms with Gasteiger partial charge in [0.05, 0.1) is 0 Å². The average Bonchev–Trinajstić information content (AvgIpc) is 2.67. The molecule has 3 N–H and O–H groups in total. The van der Waals surface area contributed by atoms with E-state index in [-0.39, 0.29) is 11.7 Å². The summed E-state index contributed by atoms with van der Waals surface area (Å²) in [4.78, 5) is 10.2. The predicted octanol–water partition coefficient (Wildman–Crippen LogP) is 2.59. The summed E-state index contributed by atoms with van der Waals surface area (Å²) in [5.41, 5.74) is 5.78. The normalized spacial score (nSPS) is 32.4. The summed E-state index contributed by atoms with van der Waals surface area (Å²) in [5.74, 6) is 0. The van der Waals surface area contributed by atoms with Crippen LogP contribution < -0.4 is 5.73 Å². The van der Waals surface area contributed by atoms with Gasteiger partial charge in [0.15, 0.2) is 0 Å². The van der Waals surface area contributed by atoms with Crippen molar-refractivity contribution in [1.29, 1.82) is 0 Å². The van der Waals surface area contributed by atoms with E-state index in [1.54, 1.807) is 0 Å². The van der Waals surface area contributed by atoms with Crippen LogP contribution in [0.25, 0.3) is 0 Å². The van der Waals surface area contributed by atoms with Crippen molar-refractivity contribution >= 4 is 7.37 Å². The van der Waals surface area contributed by atoms with Crippen LogP contribution in [0.4, 0.5) is 0 Å². The summed E-state index contributed by atoms with van der Waals surface area (Å²) in [6, 6.07) is 0.0732. The van der Waals surface area contributed by atoms with E-state index >= 15 is 0 Å². The Labute approximate surface area is 91.2 Å². The van der Waals surface area contributed by atoms with Gasteiger partial charge in [0, 0.05) is 17.0 Å². The quantitative estimate of drug-likeness (QED) is 0.715. The molecular formula is C11H20NO2P. The number of rotatable bonds is 2. The maximum absolute atomic E-state index is 12.3. The number of hydrogen-bond acceptors (Lipinski definition) is 2. The summed E-state index contributed by atoms with van der Waals surface area (Å²) >= 11 is 0. The molecule has 86 valence electrons. The van der Waals surface area contributed by atoms with Gasteiger partial charge in [-0.15, -0.1) is 0 Å². The minimum absolute atomic E-state index is 0.0165. The molecule has 2 rings (SSSR count). The minimum atomic E-state index is -3.07. The smallest absolute Gasteiger partial charge is 0.228 e. The lowest BCUT2D eigenvalue weighted by Crippen LogP contribution is -2.17. The van der Waals surface area contributed by atoms with Crippen LogP contribution in [0.15, 0.2) is 11.4 Å². The molecule has 15 heavy (non-hydrogen) atoms. The molecule has 3 nitrogen and oxygen atoms in total.